The van der Waals surface area contributed by atoms with Gasteiger partial charge >= 0.3 is 29.4 Å². The summed E-state index contributed by atoms with van der Waals surface area (Å²) in [5.74, 6) is -5.75. The fourth-order valence-corrected chi connectivity index (χ4v) is 1.51. The maximum Gasteiger partial charge on any atom is 2.00 e. The van der Waals surface area contributed by atoms with Crippen LogP contribution in [-0.4, -0.2) is 23.9 Å². The van der Waals surface area contributed by atoms with Crippen LogP contribution in [0.15, 0.2) is 11.6 Å². The van der Waals surface area contributed by atoms with Gasteiger partial charge in [0.2, 0.25) is 0 Å². The zero-order valence-electron chi connectivity index (χ0n) is 12.2. The molecule has 0 aromatic carbocycles. The predicted octanol–water partition coefficient (Wildman–Crippen LogP) is 3.60. The fraction of sp³-hybridized carbons (Fsp3) is 0.125. The molecule has 2 saturated carbocycles. The molecule has 2 nitrogen and oxygen atoms in total. The van der Waals surface area contributed by atoms with Gasteiger partial charge in [-0.25, -0.2) is 0 Å². The van der Waals surface area contributed by atoms with Crippen molar-refractivity contribution in [3.05, 3.63) is 75.4 Å². The Bertz CT molecular complexity index is 436. The van der Waals surface area contributed by atoms with E-state index in [0.29, 0.717) is 0 Å². The van der Waals surface area contributed by atoms with Gasteiger partial charge in [0.05, 0.1) is 5.57 Å². The standard InChI is InChI=1S/C11H5F6O2.C5H5.Fe/c12-10(13,14)8(18)7(9(19)11(15,16)17)5-6-3-1-2-4-6;1-2-4-5-3-1;/h1-5H;1-5H;/q;;+2. The normalized spacial score (nSPS) is 18.0. The summed E-state index contributed by atoms with van der Waals surface area (Å²) in [6, 6.07) is 0. The van der Waals surface area contributed by atoms with Crippen molar-refractivity contribution in [1.29, 1.82) is 0 Å². The topological polar surface area (TPSA) is 34.1 Å². The Kier molecular flexibility index (Phi) is 10.0. The predicted molar refractivity (Wildman–Crippen MR) is 72.2 cm³/mol. The molecule has 0 bridgehead atoms. The van der Waals surface area contributed by atoms with Gasteiger partial charge in [-0.1, -0.05) is 6.08 Å². The maximum absolute atomic E-state index is 12.2. The van der Waals surface area contributed by atoms with E-state index < -0.39 is 29.5 Å². The summed E-state index contributed by atoms with van der Waals surface area (Å²) in [5.41, 5.74) is -1.95. The first kappa shape index (κ1) is 24.2. The molecule has 2 rings (SSSR count). The zero-order valence-corrected chi connectivity index (χ0v) is 13.3. The molecule has 0 heterocycles. The monoisotopic (exact) mass is 404 g/mol. The zero-order chi connectivity index (χ0) is 18.4. The summed E-state index contributed by atoms with van der Waals surface area (Å²) in [6.07, 6.45) is 4.14. The van der Waals surface area contributed by atoms with Gasteiger partial charge in [0.1, 0.15) is 0 Å². The van der Waals surface area contributed by atoms with E-state index in [1.54, 1.807) is 0 Å². The summed E-state index contributed by atoms with van der Waals surface area (Å²) >= 11 is 0. The Balaban J connectivity index is 0.000000820. The van der Waals surface area contributed by atoms with Crippen LogP contribution < -0.4 is 0 Å². The van der Waals surface area contributed by atoms with Crippen LogP contribution in [0.1, 0.15) is 0 Å². The van der Waals surface area contributed by atoms with E-state index in [9.17, 15) is 35.9 Å². The van der Waals surface area contributed by atoms with Crippen molar-refractivity contribution in [2.75, 3.05) is 0 Å². The first-order chi connectivity index (χ1) is 11.0. The second-order valence-electron chi connectivity index (χ2n) is 4.39. The SMILES string of the molecule is O=C(C(=C[C]1[CH][CH][CH][CH]1)C(=O)C(F)(F)F)C(F)(F)F.[CH]1[CH][CH][CH][CH]1.[Fe+2]. The van der Waals surface area contributed by atoms with Crippen molar-refractivity contribution < 1.29 is 53.0 Å². The first-order valence-corrected chi connectivity index (χ1v) is 6.36. The van der Waals surface area contributed by atoms with E-state index in [1.807, 2.05) is 32.1 Å². The van der Waals surface area contributed by atoms with Crippen LogP contribution in [0.25, 0.3) is 0 Å². The van der Waals surface area contributed by atoms with Crippen molar-refractivity contribution in [1.82, 2.24) is 0 Å². The van der Waals surface area contributed by atoms with Gasteiger partial charge < -0.3 is 0 Å². The average molecular weight is 404 g/mol. The number of halogens is 6. The molecule has 2 aliphatic carbocycles. The summed E-state index contributed by atoms with van der Waals surface area (Å²) in [4.78, 5) is 21.7. The third-order valence-electron chi connectivity index (χ3n) is 2.56. The average Bonchev–Trinajstić information content (AvgIpc) is 3.16. The molecule has 10 radical (unpaired) electrons. The molecular weight excluding hydrogens is 394 g/mol. The molecule has 9 heteroatoms. The molecule has 134 valence electrons. The summed E-state index contributed by atoms with van der Waals surface area (Å²) in [5, 5.41) is 0. The van der Waals surface area contributed by atoms with Gasteiger partial charge in [0.15, 0.2) is 0 Å². The molecule has 0 spiro atoms. The quantitative estimate of drug-likeness (QED) is 0.237. The molecule has 0 aromatic rings. The van der Waals surface area contributed by atoms with Crippen LogP contribution in [0.3, 0.4) is 0 Å². The fourth-order valence-electron chi connectivity index (χ4n) is 1.51. The first-order valence-electron chi connectivity index (χ1n) is 6.36. The van der Waals surface area contributed by atoms with Crippen LogP contribution >= 0.6 is 0 Å². The van der Waals surface area contributed by atoms with Gasteiger partial charge in [-0.3, -0.25) is 9.59 Å². The second-order valence-corrected chi connectivity index (χ2v) is 4.39. The molecule has 2 fully saturated rings. The van der Waals surface area contributed by atoms with E-state index in [4.69, 9.17) is 0 Å². The summed E-state index contributed by atoms with van der Waals surface area (Å²) in [7, 11) is 0. The van der Waals surface area contributed by atoms with Crippen molar-refractivity contribution in [2.24, 2.45) is 0 Å². The number of carbonyl (C=O) groups is 2. The van der Waals surface area contributed by atoms with Crippen LogP contribution in [0, 0.1) is 63.7 Å². The number of carbonyl (C=O) groups excluding carboxylic acids is 2. The largest absolute Gasteiger partial charge is 2.00 e. The number of ketones is 2. The summed E-state index contributed by atoms with van der Waals surface area (Å²) in [6.45, 7) is 0. The van der Waals surface area contributed by atoms with E-state index >= 15 is 0 Å². The maximum atomic E-state index is 12.2. The minimum atomic E-state index is -5.56. The van der Waals surface area contributed by atoms with Gasteiger partial charge in [0, 0.05) is 5.92 Å². The molecule has 0 atom stereocenters. The van der Waals surface area contributed by atoms with Crippen LogP contribution in [0.2, 0.25) is 0 Å². The Morgan fingerprint density at radius 3 is 1.28 bits per heavy atom. The van der Waals surface area contributed by atoms with Gasteiger partial charge in [0.25, 0.3) is 11.6 Å². The minimum absolute atomic E-state index is 0. The smallest absolute Gasteiger partial charge is 0.284 e. The molecular formula is C16H10F6FeO2+2. The Morgan fingerprint density at radius 2 is 1.00 bits per heavy atom. The number of Topliss-reactive ketones (excluding diaryl/α,β-unsaturated/α-hetero) is 2. The molecule has 0 N–H and O–H groups in total. The number of hydrogen-bond acceptors (Lipinski definition) is 2. The number of alkyl halides is 6. The number of rotatable bonds is 3. The van der Waals surface area contributed by atoms with Crippen LogP contribution in [-0.2, 0) is 26.7 Å². The van der Waals surface area contributed by atoms with Gasteiger partial charge in [-0.2, -0.15) is 26.3 Å². The van der Waals surface area contributed by atoms with E-state index in [0.717, 1.165) is 12.8 Å². The molecule has 0 aromatic heterocycles. The third kappa shape index (κ3) is 8.40. The van der Waals surface area contributed by atoms with Crippen molar-refractivity contribution in [2.45, 2.75) is 12.4 Å². The van der Waals surface area contributed by atoms with Gasteiger partial charge in [-0.05, 0) is 57.8 Å². The second kappa shape index (κ2) is 10.4. The molecule has 0 aliphatic heterocycles. The number of allylic oxidation sites excluding steroid dienone is 2. The molecule has 0 saturated heterocycles. The van der Waals surface area contributed by atoms with Crippen LogP contribution in [0.5, 0.6) is 0 Å². The summed E-state index contributed by atoms with van der Waals surface area (Å²) < 4.78 is 73.0. The van der Waals surface area contributed by atoms with E-state index in [2.05, 4.69) is 0 Å². The van der Waals surface area contributed by atoms with Crippen molar-refractivity contribution in [3.63, 3.8) is 0 Å². The Morgan fingerprint density at radius 1 is 0.680 bits per heavy atom. The van der Waals surface area contributed by atoms with E-state index in [1.165, 1.54) is 12.8 Å². The van der Waals surface area contributed by atoms with Crippen LogP contribution in [0.4, 0.5) is 26.3 Å². The Labute approximate surface area is 152 Å². The van der Waals surface area contributed by atoms with Gasteiger partial charge in [-0.15, -0.1) is 0 Å². The molecule has 2 aliphatic rings. The Hall–Kier alpha value is -0.821. The molecule has 0 unspecified atom stereocenters. The third-order valence-corrected chi connectivity index (χ3v) is 2.56. The van der Waals surface area contributed by atoms with Crippen molar-refractivity contribution in [3.8, 4) is 0 Å². The molecule has 25 heavy (non-hydrogen) atoms. The van der Waals surface area contributed by atoms with Crippen molar-refractivity contribution >= 4 is 11.6 Å². The van der Waals surface area contributed by atoms with E-state index in [-0.39, 0.29) is 29.1 Å². The molecule has 0 amide bonds. The number of hydrogen-bond donors (Lipinski definition) is 0. The minimum Gasteiger partial charge on any atom is -0.284 e.